The first-order valence-corrected chi connectivity index (χ1v) is 12.7. The van der Waals surface area contributed by atoms with Crippen molar-refractivity contribution in [2.75, 3.05) is 27.9 Å². The van der Waals surface area contributed by atoms with Gasteiger partial charge >= 0.3 is 0 Å². The van der Waals surface area contributed by atoms with Gasteiger partial charge in [-0.3, -0.25) is 0 Å². The first kappa shape index (κ1) is 28.9. The van der Waals surface area contributed by atoms with E-state index in [-0.39, 0.29) is 23.0 Å². The summed E-state index contributed by atoms with van der Waals surface area (Å²) in [6.45, 7) is 3.63. The first-order chi connectivity index (χ1) is 18.3. The largest absolute Gasteiger partial charge is 0.504 e. The van der Waals surface area contributed by atoms with Gasteiger partial charge in [0.2, 0.25) is 0 Å². The second-order valence-electron chi connectivity index (χ2n) is 9.08. The minimum Gasteiger partial charge on any atom is -0.504 e. The van der Waals surface area contributed by atoms with Crippen molar-refractivity contribution in [3.63, 3.8) is 0 Å². The molecule has 206 valence electrons. The standard InChI is InChI=1S/C30H38O8/c1-6-8-18-12-21(29(34)25(14-18)36-4)22-13-19(9-7-2)15-26(37-5)30(22)38-27(17-31)28(33)20-10-11-23(32)24(16-20)35-3/h10-16,27-28,31-34H,6-9,17H2,1-5H3. The Hall–Kier alpha value is -3.62. The van der Waals surface area contributed by atoms with E-state index in [9.17, 15) is 20.4 Å². The highest BCUT2D eigenvalue weighted by molar-refractivity contribution is 5.81. The van der Waals surface area contributed by atoms with Crippen LogP contribution in [0.3, 0.4) is 0 Å². The average Bonchev–Trinajstić information content (AvgIpc) is 2.92. The molecule has 0 heterocycles. The van der Waals surface area contributed by atoms with Crippen LogP contribution in [0, 0.1) is 0 Å². The van der Waals surface area contributed by atoms with Crippen LogP contribution < -0.4 is 18.9 Å². The third-order valence-corrected chi connectivity index (χ3v) is 6.40. The number of aryl methyl sites for hydroxylation is 2. The van der Waals surface area contributed by atoms with Gasteiger partial charge in [-0.1, -0.05) is 32.8 Å². The molecule has 8 nitrogen and oxygen atoms in total. The van der Waals surface area contributed by atoms with Gasteiger partial charge in [0.15, 0.2) is 40.6 Å². The highest BCUT2D eigenvalue weighted by Crippen LogP contribution is 2.47. The molecule has 0 aliphatic heterocycles. The maximum atomic E-state index is 11.1. The molecule has 38 heavy (non-hydrogen) atoms. The van der Waals surface area contributed by atoms with Crippen molar-refractivity contribution in [1.29, 1.82) is 0 Å². The summed E-state index contributed by atoms with van der Waals surface area (Å²) in [6.07, 6.45) is 0.995. The Morgan fingerprint density at radius 2 is 1.32 bits per heavy atom. The number of aliphatic hydroxyl groups excluding tert-OH is 2. The minimum absolute atomic E-state index is 0.0442. The highest BCUT2D eigenvalue weighted by Gasteiger charge is 2.28. The fourth-order valence-corrected chi connectivity index (χ4v) is 4.47. The number of phenolic OH excluding ortho intramolecular Hbond substituents is 2. The van der Waals surface area contributed by atoms with E-state index in [0.717, 1.165) is 36.8 Å². The van der Waals surface area contributed by atoms with E-state index < -0.39 is 18.8 Å². The molecule has 0 saturated heterocycles. The maximum absolute atomic E-state index is 11.1. The Bertz CT molecular complexity index is 1220. The second-order valence-corrected chi connectivity index (χ2v) is 9.08. The number of rotatable bonds is 13. The Labute approximate surface area is 224 Å². The molecule has 0 saturated carbocycles. The third-order valence-electron chi connectivity index (χ3n) is 6.40. The van der Waals surface area contributed by atoms with Gasteiger partial charge in [-0.15, -0.1) is 0 Å². The summed E-state index contributed by atoms with van der Waals surface area (Å²) < 4.78 is 22.6. The molecule has 3 aromatic carbocycles. The van der Waals surface area contributed by atoms with Crippen LogP contribution in [0.2, 0.25) is 0 Å². The van der Waals surface area contributed by atoms with Crippen LogP contribution in [0.5, 0.6) is 34.5 Å². The Morgan fingerprint density at radius 3 is 1.87 bits per heavy atom. The van der Waals surface area contributed by atoms with Crippen molar-refractivity contribution in [1.82, 2.24) is 0 Å². The van der Waals surface area contributed by atoms with E-state index >= 15 is 0 Å². The van der Waals surface area contributed by atoms with E-state index in [1.807, 2.05) is 24.3 Å². The lowest BCUT2D eigenvalue weighted by atomic mass is 9.95. The summed E-state index contributed by atoms with van der Waals surface area (Å²) in [5.74, 6) is 1.08. The summed E-state index contributed by atoms with van der Waals surface area (Å²) in [7, 11) is 4.43. The number of aromatic hydroxyl groups is 2. The zero-order valence-corrected chi connectivity index (χ0v) is 22.7. The van der Waals surface area contributed by atoms with E-state index in [1.165, 1.54) is 39.5 Å². The predicted octanol–water partition coefficient (Wildman–Crippen LogP) is 5.17. The lowest BCUT2D eigenvalue weighted by molar-refractivity contribution is -0.000202. The molecule has 2 unspecified atom stereocenters. The van der Waals surface area contributed by atoms with Crippen LogP contribution in [0.15, 0.2) is 42.5 Å². The van der Waals surface area contributed by atoms with E-state index in [1.54, 1.807) is 0 Å². The van der Waals surface area contributed by atoms with Crippen molar-refractivity contribution in [2.24, 2.45) is 0 Å². The lowest BCUT2D eigenvalue weighted by Crippen LogP contribution is -2.29. The van der Waals surface area contributed by atoms with E-state index in [0.29, 0.717) is 28.2 Å². The van der Waals surface area contributed by atoms with Gasteiger partial charge in [-0.05, 0) is 65.9 Å². The van der Waals surface area contributed by atoms with E-state index in [4.69, 9.17) is 18.9 Å². The molecule has 0 aromatic heterocycles. The maximum Gasteiger partial charge on any atom is 0.169 e. The van der Waals surface area contributed by atoms with Crippen molar-refractivity contribution in [3.05, 3.63) is 59.2 Å². The SMILES string of the molecule is CCCc1cc(OC)c(O)c(-c2cc(CCC)cc(OC)c2OC(CO)C(O)c2ccc(O)c(OC)c2)c1. The van der Waals surface area contributed by atoms with Gasteiger partial charge in [-0.25, -0.2) is 0 Å². The Morgan fingerprint density at radius 1 is 0.737 bits per heavy atom. The quantitative estimate of drug-likeness (QED) is 0.241. The van der Waals surface area contributed by atoms with E-state index in [2.05, 4.69) is 13.8 Å². The normalized spacial score (nSPS) is 12.6. The molecule has 0 fully saturated rings. The average molecular weight is 527 g/mol. The molecule has 8 heteroatoms. The van der Waals surface area contributed by atoms with Crippen LogP contribution in [0.25, 0.3) is 11.1 Å². The van der Waals surface area contributed by atoms with Gasteiger partial charge < -0.3 is 39.4 Å². The van der Waals surface area contributed by atoms with Gasteiger partial charge in [0.05, 0.1) is 27.9 Å². The van der Waals surface area contributed by atoms with Crippen molar-refractivity contribution in [2.45, 2.75) is 51.7 Å². The highest BCUT2D eigenvalue weighted by atomic mass is 16.5. The molecule has 0 bridgehead atoms. The Kier molecular flexibility index (Phi) is 10.1. The topological polar surface area (TPSA) is 118 Å². The number of hydrogen-bond acceptors (Lipinski definition) is 8. The molecule has 3 rings (SSSR count). The number of ether oxygens (including phenoxy) is 4. The van der Waals surface area contributed by atoms with Crippen LogP contribution in [-0.4, -0.2) is 54.5 Å². The summed E-state index contributed by atoms with van der Waals surface area (Å²) in [5, 5.41) is 42.5. The van der Waals surface area contributed by atoms with Gasteiger partial charge in [0.25, 0.3) is 0 Å². The zero-order chi connectivity index (χ0) is 27.8. The van der Waals surface area contributed by atoms with Crippen molar-refractivity contribution >= 4 is 0 Å². The molecule has 3 aromatic rings. The number of methoxy groups -OCH3 is 3. The smallest absolute Gasteiger partial charge is 0.169 e. The van der Waals surface area contributed by atoms with Crippen LogP contribution >= 0.6 is 0 Å². The number of benzene rings is 3. The number of hydrogen-bond donors (Lipinski definition) is 4. The second kappa shape index (κ2) is 13.3. The summed E-state index contributed by atoms with van der Waals surface area (Å²) >= 11 is 0. The summed E-state index contributed by atoms with van der Waals surface area (Å²) in [6, 6.07) is 11.9. The lowest BCUT2D eigenvalue weighted by Gasteiger charge is -2.26. The Balaban J connectivity index is 2.18. The van der Waals surface area contributed by atoms with Crippen LogP contribution in [0.4, 0.5) is 0 Å². The molecule has 0 radical (unpaired) electrons. The van der Waals surface area contributed by atoms with Gasteiger partial charge in [-0.2, -0.15) is 0 Å². The molecule has 0 aliphatic rings. The molecule has 2 atom stereocenters. The summed E-state index contributed by atoms with van der Waals surface area (Å²) in [4.78, 5) is 0. The van der Waals surface area contributed by atoms with Gasteiger partial charge in [0.1, 0.15) is 6.10 Å². The number of aliphatic hydroxyl groups is 2. The monoisotopic (exact) mass is 526 g/mol. The fourth-order valence-electron chi connectivity index (χ4n) is 4.47. The molecule has 0 spiro atoms. The number of phenols is 2. The molecular weight excluding hydrogens is 488 g/mol. The molecular formula is C30H38O8. The van der Waals surface area contributed by atoms with Crippen LogP contribution in [0.1, 0.15) is 49.5 Å². The predicted molar refractivity (Wildman–Crippen MR) is 146 cm³/mol. The summed E-state index contributed by atoms with van der Waals surface area (Å²) in [5.41, 5.74) is 3.40. The molecule has 0 amide bonds. The van der Waals surface area contributed by atoms with Crippen molar-refractivity contribution < 1.29 is 39.4 Å². The molecule has 4 N–H and O–H groups in total. The van der Waals surface area contributed by atoms with Crippen LogP contribution in [-0.2, 0) is 12.8 Å². The molecule has 0 aliphatic carbocycles. The fraction of sp³-hybridized carbons (Fsp3) is 0.400. The first-order valence-electron chi connectivity index (χ1n) is 12.7. The zero-order valence-electron chi connectivity index (χ0n) is 22.7. The third kappa shape index (κ3) is 6.26. The van der Waals surface area contributed by atoms with Crippen molar-refractivity contribution in [3.8, 4) is 45.6 Å². The van der Waals surface area contributed by atoms with Gasteiger partial charge in [0, 0.05) is 11.1 Å². The minimum atomic E-state index is -1.27.